The molecule has 3 saturated heterocycles. The van der Waals surface area contributed by atoms with Crippen molar-refractivity contribution in [1.82, 2.24) is 49.1 Å². The van der Waals surface area contributed by atoms with Crippen molar-refractivity contribution >= 4 is 5.65 Å². The van der Waals surface area contributed by atoms with E-state index in [1.165, 1.54) is 37.9 Å². The van der Waals surface area contributed by atoms with Crippen molar-refractivity contribution in [3.8, 4) is 16.9 Å². The summed E-state index contributed by atoms with van der Waals surface area (Å²) in [6.45, 7) is 5.05. The zero-order valence-electron chi connectivity index (χ0n) is 20.7. The van der Waals surface area contributed by atoms with Gasteiger partial charge in [-0.1, -0.05) is 11.3 Å². The van der Waals surface area contributed by atoms with Crippen molar-refractivity contribution in [2.24, 2.45) is 5.92 Å². The third kappa shape index (κ3) is 4.65. The van der Waals surface area contributed by atoms with Crippen molar-refractivity contribution in [3.05, 3.63) is 79.2 Å². The molecule has 3 fully saturated rings. The Balaban J connectivity index is 1.00. The van der Waals surface area contributed by atoms with Crippen LogP contribution < -0.4 is 5.32 Å². The van der Waals surface area contributed by atoms with E-state index < -0.39 is 0 Å². The van der Waals surface area contributed by atoms with E-state index in [0.717, 1.165) is 47.3 Å². The summed E-state index contributed by atoms with van der Waals surface area (Å²) in [6.07, 6.45) is 19.3. The van der Waals surface area contributed by atoms with Gasteiger partial charge in [-0.2, -0.15) is 0 Å². The van der Waals surface area contributed by atoms with E-state index in [4.69, 9.17) is 4.98 Å². The van der Waals surface area contributed by atoms with Crippen molar-refractivity contribution in [3.63, 3.8) is 0 Å². The van der Waals surface area contributed by atoms with E-state index in [9.17, 15) is 0 Å². The van der Waals surface area contributed by atoms with Gasteiger partial charge >= 0.3 is 0 Å². The minimum Gasteiger partial charge on any atom is -0.311 e. The highest BCUT2D eigenvalue weighted by molar-refractivity contribution is 5.59. The highest BCUT2D eigenvalue weighted by Crippen LogP contribution is 2.31. The molecule has 0 radical (unpaired) electrons. The topological polar surface area (TPSA) is 94.0 Å². The minimum atomic E-state index is 0.551. The zero-order valence-corrected chi connectivity index (χ0v) is 20.7. The van der Waals surface area contributed by atoms with Crippen LogP contribution in [-0.2, 0) is 13.1 Å². The maximum Gasteiger partial charge on any atom is 0.137 e. The molecule has 0 spiro atoms. The molecule has 2 bridgehead atoms. The molecule has 8 heterocycles. The molecule has 5 aromatic heterocycles. The second-order valence-corrected chi connectivity index (χ2v) is 10.2. The fraction of sp³-hybridized carbons (Fsp3) is 0.370. The number of nitrogens with zero attached hydrogens (tertiary/aromatic N) is 9. The van der Waals surface area contributed by atoms with Gasteiger partial charge in [-0.15, -0.1) is 5.10 Å². The molecule has 3 aliphatic heterocycles. The van der Waals surface area contributed by atoms with E-state index in [1.807, 2.05) is 27.7 Å². The number of rotatable bonds is 8. The van der Waals surface area contributed by atoms with Gasteiger partial charge in [0.25, 0.3) is 0 Å². The predicted molar refractivity (Wildman–Crippen MR) is 139 cm³/mol. The zero-order chi connectivity index (χ0) is 24.6. The molecule has 0 aliphatic carbocycles. The van der Waals surface area contributed by atoms with Crippen molar-refractivity contribution in [2.75, 3.05) is 19.6 Å². The van der Waals surface area contributed by atoms with Gasteiger partial charge in [-0.3, -0.25) is 9.88 Å². The maximum atomic E-state index is 4.78. The fourth-order valence-electron chi connectivity index (χ4n) is 5.75. The van der Waals surface area contributed by atoms with Crippen molar-refractivity contribution in [1.29, 1.82) is 0 Å². The second-order valence-electron chi connectivity index (χ2n) is 10.2. The van der Waals surface area contributed by atoms with Crippen LogP contribution in [0.4, 0.5) is 0 Å². The number of nitrogens with one attached hydrogen (secondary N) is 1. The van der Waals surface area contributed by atoms with Crippen LogP contribution in [0.25, 0.3) is 22.6 Å². The first-order valence-electron chi connectivity index (χ1n) is 13.0. The molecule has 10 heteroatoms. The van der Waals surface area contributed by atoms with Crippen molar-refractivity contribution in [2.45, 2.75) is 38.4 Å². The first kappa shape index (κ1) is 22.3. The van der Waals surface area contributed by atoms with Crippen LogP contribution in [0, 0.1) is 5.92 Å². The number of pyridine rings is 2. The van der Waals surface area contributed by atoms with Crippen LogP contribution in [0.15, 0.2) is 67.9 Å². The molecule has 5 aromatic rings. The minimum absolute atomic E-state index is 0.551. The molecular weight excluding hydrogens is 464 g/mol. The smallest absolute Gasteiger partial charge is 0.137 e. The molecule has 0 aromatic carbocycles. The summed E-state index contributed by atoms with van der Waals surface area (Å²) in [5, 5.41) is 12.4. The monoisotopic (exact) mass is 494 g/mol. The van der Waals surface area contributed by atoms with Crippen LogP contribution >= 0.6 is 0 Å². The number of fused-ring (bicyclic) bond motifs is 4. The summed E-state index contributed by atoms with van der Waals surface area (Å²) >= 11 is 0. The van der Waals surface area contributed by atoms with Crippen LogP contribution in [0.5, 0.6) is 0 Å². The molecule has 188 valence electrons. The van der Waals surface area contributed by atoms with Gasteiger partial charge in [0.1, 0.15) is 11.3 Å². The Bertz CT molecular complexity index is 1490. The SMILES string of the molecule is c1cn(-c2cncc(-c3cn(Cc4cn5cc(CNCC6CC7CCN6CC7)ccc5n4)nn3)c2)cn1. The van der Waals surface area contributed by atoms with Crippen molar-refractivity contribution < 1.29 is 0 Å². The van der Waals surface area contributed by atoms with Gasteiger partial charge in [-0.25, -0.2) is 14.6 Å². The summed E-state index contributed by atoms with van der Waals surface area (Å²) in [5.74, 6) is 0.947. The van der Waals surface area contributed by atoms with Gasteiger partial charge < -0.3 is 14.3 Å². The lowest BCUT2D eigenvalue weighted by Crippen LogP contribution is -2.52. The Morgan fingerprint density at radius 3 is 2.81 bits per heavy atom. The molecule has 3 aliphatic rings. The average molecular weight is 495 g/mol. The van der Waals surface area contributed by atoms with Crippen LogP contribution in [0.1, 0.15) is 30.5 Å². The molecule has 1 atom stereocenters. The lowest BCUT2D eigenvalue weighted by molar-refractivity contribution is 0.0495. The van der Waals surface area contributed by atoms with Crippen LogP contribution in [0.3, 0.4) is 0 Å². The van der Waals surface area contributed by atoms with Gasteiger partial charge in [0.15, 0.2) is 0 Å². The lowest BCUT2D eigenvalue weighted by Gasteiger charge is -2.45. The Morgan fingerprint density at radius 2 is 1.97 bits per heavy atom. The normalized spacial score (nSPS) is 21.1. The summed E-state index contributed by atoms with van der Waals surface area (Å²) in [7, 11) is 0. The molecule has 1 unspecified atom stereocenters. The summed E-state index contributed by atoms with van der Waals surface area (Å²) in [5.41, 5.74) is 5.75. The Labute approximate surface area is 215 Å². The Kier molecular flexibility index (Phi) is 5.75. The fourth-order valence-corrected chi connectivity index (χ4v) is 5.75. The second kappa shape index (κ2) is 9.53. The highest BCUT2D eigenvalue weighted by Gasteiger charge is 2.32. The molecule has 37 heavy (non-hydrogen) atoms. The molecule has 8 rings (SSSR count). The largest absolute Gasteiger partial charge is 0.311 e. The molecule has 0 saturated carbocycles. The third-order valence-electron chi connectivity index (χ3n) is 7.73. The summed E-state index contributed by atoms with van der Waals surface area (Å²) < 4.78 is 5.84. The summed E-state index contributed by atoms with van der Waals surface area (Å²) in [6, 6.07) is 6.99. The number of imidazole rings is 2. The number of aromatic nitrogens is 8. The molecule has 1 N–H and O–H groups in total. The van der Waals surface area contributed by atoms with E-state index in [-0.39, 0.29) is 0 Å². The first-order chi connectivity index (χ1) is 18.3. The Morgan fingerprint density at radius 1 is 1.03 bits per heavy atom. The van der Waals surface area contributed by atoms with Gasteiger partial charge in [0.2, 0.25) is 0 Å². The van der Waals surface area contributed by atoms with Crippen LogP contribution in [-0.4, -0.2) is 69.5 Å². The molecular formula is C27H30N10. The highest BCUT2D eigenvalue weighted by atomic mass is 15.4. The number of hydrogen-bond donors (Lipinski definition) is 1. The quantitative estimate of drug-likeness (QED) is 0.355. The lowest BCUT2D eigenvalue weighted by atomic mass is 9.83. The number of hydrogen-bond acceptors (Lipinski definition) is 7. The molecule has 0 amide bonds. The predicted octanol–water partition coefficient (Wildman–Crippen LogP) is 2.80. The molecule has 10 nitrogen and oxygen atoms in total. The van der Waals surface area contributed by atoms with E-state index in [2.05, 4.69) is 59.4 Å². The first-order valence-corrected chi connectivity index (χ1v) is 13.0. The van der Waals surface area contributed by atoms with E-state index in [1.54, 1.807) is 24.9 Å². The van der Waals surface area contributed by atoms with Gasteiger partial charge in [-0.05, 0) is 56.0 Å². The van der Waals surface area contributed by atoms with Crippen LogP contribution in [0.2, 0.25) is 0 Å². The Hall–Kier alpha value is -3.89. The van der Waals surface area contributed by atoms with Gasteiger partial charge in [0, 0.05) is 55.7 Å². The van der Waals surface area contributed by atoms with E-state index >= 15 is 0 Å². The standard InChI is InChI=1S/C27H30N10/c1-2-27-31-23(16-36(27)15-21(1)11-29-13-24-9-20-3-6-34(24)7-4-20)17-37-18-26(32-33-37)22-10-25(14-30-12-22)35-8-5-28-19-35/h1-2,5,8,10,12,14-16,18-20,24,29H,3-4,6-7,9,11,13,17H2. The van der Waals surface area contributed by atoms with E-state index in [0.29, 0.717) is 12.6 Å². The number of piperidine rings is 3. The third-order valence-corrected chi connectivity index (χ3v) is 7.73. The summed E-state index contributed by atoms with van der Waals surface area (Å²) in [4.78, 5) is 15.9. The maximum absolute atomic E-state index is 4.78. The average Bonchev–Trinajstić information content (AvgIpc) is 3.71. The van der Waals surface area contributed by atoms with Gasteiger partial charge in [0.05, 0.1) is 36.6 Å².